The summed E-state index contributed by atoms with van der Waals surface area (Å²) in [4.78, 5) is 5.21. The fraction of sp³-hybridized carbons (Fsp3) is 0.931. The van der Waals surface area contributed by atoms with E-state index in [1.807, 2.05) is 0 Å². The normalized spacial score (nSPS) is 16.2. The molecule has 2 heteroatoms. The first-order valence-electron chi connectivity index (χ1n) is 14.4. The van der Waals surface area contributed by atoms with Crippen molar-refractivity contribution in [2.45, 2.75) is 168 Å². The maximum Gasteiger partial charge on any atom is 0.101 e. The molecule has 0 radical (unpaired) electrons. The van der Waals surface area contributed by atoms with Gasteiger partial charge in [-0.25, -0.2) is 0 Å². The summed E-state index contributed by atoms with van der Waals surface area (Å²) in [5.41, 5.74) is 0. The van der Waals surface area contributed by atoms with Crippen LogP contribution in [0, 0.1) is 0 Å². The topological polar surface area (TPSA) is 6.48 Å². The Bertz CT molecular complexity index is 404. The van der Waals surface area contributed by atoms with Gasteiger partial charge in [0.1, 0.15) is 6.17 Å². The summed E-state index contributed by atoms with van der Waals surface area (Å²) in [6.45, 7) is 10.5. The first kappa shape index (κ1) is 28.4. The van der Waals surface area contributed by atoms with E-state index in [0.29, 0.717) is 12.2 Å². The molecule has 1 rings (SSSR count). The van der Waals surface area contributed by atoms with Crippen LogP contribution in [0.5, 0.6) is 0 Å². The molecule has 0 aromatic heterocycles. The summed E-state index contributed by atoms with van der Waals surface area (Å²) in [5, 5.41) is 0. The number of nitrogens with zero attached hydrogens (tertiary/aromatic N) is 2. The number of hydrogen-bond acceptors (Lipinski definition) is 2. The smallest absolute Gasteiger partial charge is 0.101 e. The Kier molecular flexibility index (Phi) is 18.3. The van der Waals surface area contributed by atoms with Crippen molar-refractivity contribution in [3.8, 4) is 0 Å². The molecule has 0 N–H and O–H groups in total. The summed E-state index contributed by atoms with van der Waals surface area (Å²) in [6.07, 6.45) is 33.8. The van der Waals surface area contributed by atoms with Crippen LogP contribution in [-0.2, 0) is 0 Å². The molecule has 1 aliphatic rings. The van der Waals surface area contributed by atoms with Gasteiger partial charge in [0.2, 0.25) is 0 Å². The van der Waals surface area contributed by atoms with Gasteiger partial charge in [-0.3, -0.25) is 0 Å². The average molecular weight is 435 g/mol. The average Bonchev–Trinajstić information content (AvgIpc) is 3.17. The van der Waals surface area contributed by atoms with E-state index in [0.717, 1.165) is 0 Å². The van der Waals surface area contributed by atoms with E-state index in [2.05, 4.69) is 49.9 Å². The summed E-state index contributed by atoms with van der Waals surface area (Å²) >= 11 is 0. The largest absolute Gasteiger partial charge is 0.356 e. The second kappa shape index (κ2) is 20.0. The van der Waals surface area contributed by atoms with Gasteiger partial charge in [-0.2, -0.15) is 0 Å². The van der Waals surface area contributed by atoms with Crippen LogP contribution in [0.2, 0.25) is 0 Å². The monoisotopic (exact) mass is 434 g/mol. The fourth-order valence-corrected chi connectivity index (χ4v) is 5.01. The first-order chi connectivity index (χ1) is 15.2. The Morgan fingerprint density at radius 1 is 0.548 bits per heavy atom. The van der Waals surface area contributed by atoms with Crippen LogP contribution in [0.3, 0.4) is 0 Å². The van der Waals surface area contributed by atoms with Crippen molar-refractivity contribution in [2.24, 2.45) is 0 Å². The molecule has 31 heavy (non-hydrogen) atoms. The molecule has 0 aromatic carbocycles. The summed E-state index contributed by atoms with van der Waals surface area (Å²) in [5.74, 6) is 0. The maximum absolute atomic E-state index is 2.63. The third-order valence-corrected chi connectivity index (χ3v) is 7.09. The minimum atomic E-state index is 0.610. The van der Waals surface area contributed by atoms with Crippen molar-refractivity contribution < 1.29 is 0 Å². The van der Waals surface area contributed by atoms with Gasteiger partial charge in [0.25, 0.3) is 0 Å². The van der Waals surface area contributed by atoms with E-state index in [-0.39, 0.29) is 0 Å². The molecule has 1 atom stereocenters. The van der Waals surface area contributed by atoms with Crippen LogP contribution in [-0.4, -0.2) is 28.6 Å². The van der Waals surface area contributed by atoms with Crippen LogP contribution in [0.4, 0.5) is 0 Å². The molecule has 1 unspecified atom stereocenters. The van der Waals surface area contributed by atoms with Crippen molar-refractivity contribution in [1.29, 1.82) is 0 Å². The summed E-state index contributed by atoms with van der Waals surface area (Å²) < 4.78 is 0. The molecule has 0 bridgehead atoms. The van der Waals surface area contributed by atoms with Gasteiger partial charge in [0.05, 0.1) is 0 Å². The summed E-state index contributed by atoms with van der Waals surface area (Å²) in [6, 6.07) is 0.610. The lowest BCUT2D eigenvalue weighted by molar-refractivity contribution is 0.114. The van der Waals surface area contributed by atoms with Crippen LogP contribution >= 0.6 is 0 Å². The lowest BCUT2D eigenvalue weighted by Gasteiger charge is -2.35. The fourth-order valence-electron chi connectivity index (χ4n) is 5.01. The third kappa shape index (κ3) is 14.2. The zero-order valence-electron chi connectivity index (χ0n) is 22.1. The first-order valence-corrected chi connectivity index (χ1v) is 14.4. The van der Waals surface area contributed by atoms with E-state index < -0.39 is 0 Å². The second-order valence-electron chi connectivity index (χ2n) is 10.4. The Morgan fingerprint density at radius 3 is 1.42 bits per heavy atom. The van der Waals surface area contributed by atoms with Crippen LogP contribution in [0.1, 0.15) is 156 Å². The Hall–Kier alpha value is -0.660. The van der Waals surface area contributed by atoms with E-state index in [1.54, 1.807) is 0 Å². The highest BCUT2D eigenvalue weighted by Crippen LogP contribution is 2.24. The van der Waals surface area contributed by atoms with Crippen LogP contribution in [0.15, 0.2) is 12.4 Å². The minimum absolute atomic E-state index is 0.610. The van der Waals surface area contributed by atoms with Gasteiger partial charge in [-0.1, -0.05) is 123 Å². The van der Waals surface area contributed by atoms with Crippen molar-refractivity contribution in [1.82, 2.24) is 9.80 Å². The lowest BCUT2D eigenvalue weighted by atomic mass is 10.0. The van der Waals surface area contributed by atoms with E-state index in [1.165, 1.54) is 135 Å². The highest BCUT2D eigenvalue weighted by Gasteiger charge is 2.26. The molecule has 0 aromatic rings. The van der Waals surface area contributed by atoms with Crippen LogP contribution in [0.25, 0.3) is 0 Å². The van der Waals surface area contributed by atoms with Gasteiger partial charge < -0.3 is 9.80 Å². The second-order valence-corrected chi connectivity index (χ2v) is 10.4. The SMILES string of the molecule is CCCCCCCCCCCCCCCCCN1C=CN(C(C)C)C1CCCCCC. The van der Waals surface area contributed by atoms with Gasteiger partial charge in [0, 0.05) is 25.0 Å². The van der Waals surface area contributed by atoms with Crippen molar-refractivity contribution in [3.63, 3.8) is 0 Å². The lowest BCUT2D eigenvalue weighted by Crippen LogP contribution is -2.42. The molecule has 0 fully saturated rings. The van der Waals surface area contributed by atoms with Crippen molar-refractivity contribution in [2.75, 3.05) is 6.54 Å². The molecule has 0 saturated heterocycles. The van der Waals surface area contributed by atoms with Gasteiger partial charge in [0.15, 0.2) is 0 Å². The number of unbranched alkanes of at least 4 members (excludes halogenated alkanes) is 17. The van der Waals surface area contributed by atoms with Gasteiger partial charge in [-0.15, -0.1) is 0 Å². The van der Waals surface area contributed by atoms with Crippen molar-refractivity contribution in [3.05, 3.63) is 12.4 Å². The molecule has 0 aliphatic carbocycles. The Labute approximate surface area is 197 Å². The zero-order chi connectivity index (χ0) is 22.6. The molecule has 0 spiro atoms. The van der Waals surface area contributed by atoms with E-state index >= 15 is 0 Å². The van der Waals surface area contributed by atoms with E-state index in [4.69, 9.17) is 0 Å². The molecule has 184 valence electrons. The molecule has 0 amide bonds. The Morgan fingerprint density at radius 2 is 0.968 bits per heavy atom. The predicted octanol–water partition coefficient (Wildman–Crippen LogP) is 9.65. The number of rotatable bonds is 22. The quantitative estimate of drug-likeness (QED) is 0.156. The highest BCUT2D eigenvalue weighted by molar-refractivity contribution is 4.98. The standard InChI is InChI=1S/C29H58N2/c1-5-7-9-11-12-13-14-15-16-17-18-19-20-21-23-25-30-26-27-31(28(3)4)29(30)24-22-10-8-6-2/h26-29H,5-25H2,1-4H3. The molecular weight excluding hydrogens is 376 g/mol. The predicted molar refractivity (Wildman–Crippen MR) is 140 cm³/mol. The van der Waals surface area contributed by atoms with E-state index in [9.17, 15) is 0 Å². The summed E-state index contributed by atoms with van der Waals surface area (Å²) in [7, 11) is 0. The molecular formula is C29H58N2. The number of hydrogen-bond donors (Lipinski definition) is 0. The van der Waals surface area contributed by atoms with Crippen molar-refractivity contribution >= 4 is 0 Å². The third-order valence-electron chi connectivity index (χ3n) is 7.09. The maximum atomic E-state index is 2.63. The Balaban J connectivity index is 1.98. The zero-order valence-corrected chi connectivity index (χ0v) is 22.1. The van der Waals surface area contributed by atoms with Crippen LogP contribution < -0.4 is 0 Å². The molecule has 1 heterocycles. The highest BCUT2D eigenvalue weighted by atomic mass is 15.4. The minimum Gasteiger partial charge on any atom is -0.356 e. The molecule has 0 saturated carbocycles. The van der Waals surface area contributed by atoms with Gasteiger partial charge >= 0.3 is 0 Å². The molecule has 2 nitrogen and oxygen atoms in total. The molecule has 1 aliphatic heterocycles. The van der Waals surface area contributed by atoms with Gasteiger partial charge in [-0.05, 0) is 33.1 Å².